The Morgan fingerprint density at radius 2 is 1.73 bits per heavy atom. The van der Waals surface area contributed by atoms with E-state index in [1.807, 2.05) is 0 Å². The van der Waals surface area contributed by atoms with Gasteiger partial charge in [-0.15, -0.1) is 5.10 Å². The molecule has 0 aliphatic carbocycles. The molecule has 0 fully saturated rings. The number of alkyl halides is 6. The van der Waals surface area contributed by atoms with Crippen LogP contribution in [0.5, 0.6) is 0 Å². The van der Waals surface area contributed by atoms with Gasteiger partial charge in [0, 0.05) is 24.4 Å². The third kappa shape index (κ3) is 4.25. The smallest absolute Gasteiger partial charge is 0.367 e. The molecule has 1 unspecified atom stereocenters. The fourth-order valence-corrected chi connectivity index (χ4v) is 2.81. The number of ether oxygens (including phenoxy) is 1. The van der Waals surface area contributed by atoms with Crippen molar-refractivity contribution in [2.24, 2.45) is 0 Å². The summed E-state index contributed by atoms with van der Waals surface area (Å²) in [5, 5.41) is 18.6. The second kappa shape index (κ2) is 7.75. The van der Waals surface area contributed by atoms with Crippen LogP contribution in [0, 0.1) is 11.3 Å². The van der Waals surface area contributed by atoms with Gasteiger partial charge in [-0.25, -0.2) is 5.10 Å². The van der Waals surface area contributed by atoms with Gasteiger partial charge in [0.1, 0.15) is 17.5 Å². The molecular formula is C18H11F6N5O. The van der Waals surface area contributed by atoms with Crippen LogP contribution in [0.3, 0.4) is 0 Å². The van der Waals surface area contributed by atoms with Crippen LogP contribution in [0.2, 0.25) is 0 Å². The van der Waals surface area contributed by atoms with E-state index in [0.29, 0.717) is 0 Å². The number of methoxy groups -OCH3 is 1. The second-order valence-electron chi connectivity index (χ2n) is 6.08. The molecule has 2 aromatic heterocycles. The summed E-state index contributed by atoms with van der Waals surface area (Å²) < 4.78 is 83.0. The van der Waals surface area contributed by atoms with Gasteiger partial charge in [0.05, 0.1) is 0 Å². The molecule has 0 spiro atoms. The highest BCUT2D eigenvalue weighted by atomic mass is 19.4. The SMILES string of the molecule is COC(c1cc(-c2ccc(C(F)(F)F)nc2)cc(-c2nn[nH]c2C#N)c1)C(F)(F)F. The number of hydrogen-bond donors (Lipinski definition) is 1. The highest BCUT2D eigenvalue weighted by Crippen LogP contribution is 2.39. The Balaban J connectivity index is 2.19. The first-order valence-electron chi connectivity index (χ1n) is 8.14. The van der Waals surface area contributed by atoms with Crippen LogP contribution in [0.1, 0.15) is 23.1 Å². The minimum Gasteiger partial charge on any atom is -0.367 e. The molecule has 1 atom stereocenters. The Morgan fingerprint density at radius 3 is 2.27 bits per heavy atom. The molecular weight excluding hydrogens is 416 g/mol. The molecule has 6 nitrogen and oxygen atoms in total. The molecule has 0 radical (unpaired) electrons. The molecule has 2 heterocycles. The lowest BCUT2D eigenvalue weighted by molar-refractivity contribution is -0.215. The standard InChI is InChI=1S/C18H11F6N5O/c1-30-16(18(22,23)24)12-5-10(9-2-3-14(26-8-9)17(19,20)21)4-11(6-12)15-13(7-25)27-29-28-15/h2-6,8,16H,1H3,(H,27,28,29). The van der Waals surface area contributed by atoms with E-state index in [4.69, 9.17) is 5.26 Å². The number of aromatic nitrogens is 4. The van der Waals surface area contributed by atoms with E-state index >= 15 is 0 Å². The topological polar surface area (TPSA) is 87.5 Å². The van der Waals surface area contributed by atoms with Crippen molar-refractivity contribution in [1.82, 2.24) is 20.4 Å². The van der Waals surface area contributed by atoms with Crippen molar-refractivity contribution in [1.29, 1.82) is 5.26 Å². The summed E-state index contributed by atoms with van der Waals surface area (Å²) in [5.41, 5.74) is -1.23. The Kier molecular flexibility index (Phi) is 5.49. The first-order valence-corrected chi connectivity index (χ1v) is 8.14. The predicted molar refractivity (Wildman–Crippen MR) is 90.6 cm³/mol. The molecule has 12 heteroatoms. The lowest BCUT2D eigenvalue weighted by Crippen LogP contribution is -2.22. The van der Waals surface area contributed by atoms with Crippen molar-refractivity contribution >= 4 is 0 Å². The number of aromatic amines is 1. The molecule has 1 N–H and O–H groups in total. The quantitative estimate of drug-likeness (QED) is 0.612. The molecule has 0 saturated carbocycles. The first kappa shape index (κ1) is 21.3. The van der Waals surface area contributed by atoms with Gasteiger partial charge in [0.25, 0.3) is 0 Å². The molecule has 156 valence electrons. The maximum Gasteiger partial charge on any atom is 0.433 e. The molecule has 3 rings (SSSR count). The van der Waals surface area contributed by atoms with Crippen molar-refractivity contribution in [2.45, 2.75) is 18.5 Å². The van der Waals surface area contributed by atoms with Crippen LogP contribution < -0.4 is 0 Å². The number of benzene rings is 1. The van der Waals surface area contributed by atoms with Gasteiger partial charge >= 0.3 is 12.4 Å². The normalized spacial score (nSPS) is 13.1. The van der Waals surface area contributed by atoms with Crippen LogP contribution >= 0.6 is 0 Å². The van der Waals surface area contributed by atoms with Crippen molar-refractivity contribution < 1.29 is 31.1 Å². The largest absolute Gasteiger partial charge is 0.433 e. The van der Waals surface area contributed by atoms with Crippen molar-refractivity contribution in [2.75, 3.05) is 7.11 Å². The number of H-pyrrole nitrogens is 1. The van der Waals surface area contributed by atoms with Gasteiger partial charge in [-0.3, -0.25) is 4.98 Å². The number of nitrogens with one attached hydrogen (secondary N) is 1. The monoisotopic (exact) mass is 427 g/mol. The fraction of sp³-hybridized carbons (Fsp3) is 0.222. The first-order chi connectivity index (χ1) is 14.0. The molecule has 30 heavy (non-hydrogen) atoms. The highest BCUT2D eigenvalue weighted by Gasteiger charge is 2.41. The van der Waals surface area contributed by atoms with Crippen molar-refractivity contribution in [3.05, 3.63) is 53.5 Å². The lowest BCUT2D eigenvalue weighted by atomic mass is 9.96. The summed E-state index contributed by atoms with van der Waals surface area (Å²) in [4.78, 5) is 3.33. The summed E-state index contributed by atoms with van der Waals surface area (Å²) >= 11 is 0. The van der Waals surface area contributed by atoms with Gasteiger partial charge in [-0.1, -0.05) is 11.3 Å². The Bertz CT molecular complexity index is 1080. The Hall–Kier alpha value is -3.46. The Labute approximate surface area is 165 Å². The van der Waals surface area contributed by atoms with Crippen LogP contribution in [-0.4, -0.2) is 33.7 Å². The number of hydrogen-bond acceptors (Lipinski definition) is 5. The van der Waals surface area contributed by atoms with Gasteiger partial charge in [0.15, 0.2) is 11.8 Å². The third-order valence-corrected chi connectivity index (χ3v) is 4.11. The van der Waals surface area contributed by atoms with E-state index < -0.39 is 24.2 Å². The van der Waals surface area contributed by atoms with Gasteiger partial charge < -0.3 is 4.74 Å². The molecule has 1 aromatic carbocycles. The van der Waals surface area contributed by atoms with Crippen LogP contribution in [0.4, 0.5) is 26.3 Å². The molecule has 0 amide bonds. The maximum absolute atomic E-state index is 13.4. The van der Waals surface area contributed by atoms with Crippen molar-refractivity contribution in [3.8, 4) is 28.5 Å². The summed E-state index contributed by atoms with van der Waals surface area (Å²) in [6, 6.07) is 7.21. The van der Waals surface area contributed by atoms with E-state index in [-0.39, 0.29) is 33.6 Å². The van der Waals surface area contributed by atoms with Crippen molar-refractivity contribution in [3.63, 3.8) is 0 Å². The Morgan fingerprint density at radius 1 is 1.03 bits per heavy atom. The van der Waals surface area contributed by atoms with Gasteiger partial charge in [-0.05, 0) is 35.4 Å². The van der Waals surface area contributed by atoms with E-state index in [1.54, 1.807) is 6.07 Å². The summed E-state index contributed by atoms with van der Waals surface area (Å²) in [6.45, 7) is 0. The molecule has 0 aliphatic rings. The molecule has 0 aliphatic heterocycles. The molecule has 3 aromatic rings. The minimum absolute atomic E-state index is 0.0162. The zero-order chi connectivity index (χ0) is 22.1. The number of rotatable bonds is 4. The van der Waals surface area contributed by atoms with Gasteiger partial charge in [0.2, 0.25) is 0 Å². The van der Waals surface area contributed by atoms with Crippen LogP contribution in [0.25, 0.3) is 22.4 Å². The summed E-state index contributed by atoms with van der Waals surface area (Å²) in [5.74, 6) is 0. The number of nitrogens with zero attached hydrogens (tertiary/aromatic N) is 4. The van der Waals surface area contributed by atoms with Crippen LogP contribution in [-0.2, 0) is 10.9 Å². The summed E-state index contributed by atoms with van der Waals surface area (Å²) in [6.07, 6.45) is -10.8. The molecule has 0 bridgehead atoms. The summed E-state index contributed by atoms with van der Waals surface area (Å²) in [7, 11) is 0.876. The predicted octanol–water partition coefficient (Wildman–Crippen LogP) is 4.67. The van der Waals surface area contributed by atoms with E-state index in [9.17, 15) is 26.3 Å². The fourth-order valence-electron chi connectivity index (χ4n) is 2.81. The number of halogens is 6. The zero-order valence-corrected chi connectivity index (χ0v) is 15.0. The average Bonchev–Trinajstić information content (AvgIpc) is 3.15. The van der Waals surface area contributed by atoms with Gasteiger partial charge in [-0.2, -0.15) is 31.6 Å². The third-order valence-electron chi connectivity index (χ3n) is 4.11. The number of pyridine rings is 1. The minimum atomic E-state index is -4.76. The van der Waals surface area contributed by atoms with Crippen LogP contribution in [0.15, 0.2) is 36.5 Å². The number of nitriles is 1. The zero-order valence-electron chi connectivity index (χ0n) is 15.0. The van der Waals surface area contributed by atoms with E-state index in [0.717, 1.165) is 37.6 Å². The average molecular weight is 427 g/mol. The van der Waals surface area contributed by atoms with E-state index in [1.165, 1.54) is 6.07 Å². The second-order valence-corrected chi connectivity index (χ2v) is 6.08. The highest BCUT2D eigenvalue weighted by molar-refractivity contribution is 5.74. The van der Waals surface area contributed by atoms with E-state index in [2.05, 4.69) is 25.1 Å². The maximum atomic E-state index is 13.4. The lowest BCUT2D eigenvalue weighted by Gasteiger charge is -2.20. The molecule has 0 saturated heterocycles.